The third-order valence-electron chi connectivity index (χ3n) is 7.03. The topological polar surface area (TPSA) is 109 Å². The average Bonchev–Trinajstić information content (AvgIpc) is 3.45. The molecule has 10 nitrogen and oxygen atoms in total. The molecule has 2 aromatic heterocycles. The summed E-state index contributed by atoms with van der Waals surface area (Å²) >= 11 is 0. The van der Waals surface area contributed by atoms with Crippen LogP contribution in [0, 0.1) is 0 Å². The lowest BCUT2D eigenvalue weighted by molar-refractivity contribution is 0.0384. The van der Waals surface area contributed by atoms with Crippen molar-refractivity contribution < 1.29 is 9.53 Å². The summed E-state index contributed by atoms with van der Waals surface area (Å²) in [7, 11) is 0. The third kappa shape index (κ3) is 7.47. The zero-order valence-corrected chi connectivity index (χ0v) is 23.8. The molecule has 10 heteroatoms. The van der Waals surface area contributed by atoms with Gasteiger partial charge in [0.15, 0.2) is 0 Å². The highest BCUT2D eigenvalue weighted by molar-refractivity contribution is 5.90. The van der Waals surface area contributed by atoms with Crippen molar-refractivity contribution >= 4 is 23.4 Å². The number of aryl methyl sites for hydroxylation is 1. The number of amides is 2. The van der Waals surface area contributed by atoms with E-state index in [4.69, 9.17) is 9.72 Å². The molecule has 5 rings (SSSR count). The number of rotatable bonds is 11. The lowest BCUT2D eigenvalue weighted by Crippen LogP contribution is -2.37. The number of benzene rings is 2. The van der Waals surface area contributed by atoms with E-state index < -0.39 is 0 Å². The Morgan fingerprint density at radius 1 is 1.02 bits per heavy atom. The van der Waals surface area contributed by atoms with Gasteiger partial charge in [0.25, 0.3) is 0 Å². The number of ether oxygens (including phenoxy) is 1. The standard InChI is InChI=1S/C31H38N8O2/c1-3-14-33-31(40)36-25-10-8-24(9-11-25)29-27(22-34-39(29)4-2)28-12-15-32-30(37-28)35-26-7-5-6-23(21-26)13-16-38-17-19-41-20-18-38/h5-12,15,21-22H,3-4,13-14,16-20H2,1-2H3,(H,32,35,37)(H2,33,36,40). The number of morpholine rings is 1. The normalized spacial score (nSPS) is 13.6. The highest BCUT2D eigenvalue weighted by atomic mass is 16.5. The van der Waals surface area contributed by atoms with E-state index in [1.54, 1.807) is 6.20 Å². The summed E-state index contributed by atoms with van der Waals surface area (Å²) in [4.78, 5) is 23.8. The first-order chi connectivity index (χ1) is 20.1. The van der Waals surface area contributed by atoms with Crippen LogP contribution in [0.25, 0.3) is 22.5 Å². The molecule has 0 saturated carbocycles. The summed E-state index contributed by atoms with van der Waals surface area (Å²) in [6.45, 7) is 10.1. The highest BCUT2D eigenvalue weighted by Crippen LogP contribution is 2.32. The summed E-state index contributed by atoms with van der Waals surface area (Å²) in [5.74, 6) is 0.528. The second-order valence-electron chi connectivity index (χ2n) is 9.98. The fourth-order valence-corrected chi connectivity index (χ4v) is 4.86. The fourth-order valence-electron chi connectivity index (χ4n) is 4.86. The fraction of sp³-hybridized carbons (Fsp3) is 0.355. The first kappa shape index (κ1) is 28.3. The maximum atomic E-state index is 12.0. The van der Waals surface area contributed by atoms with Crippen LogP contribution in [-0.2, 0) is 17.7 Å². The predicted molar refractivity (Wildman–Crippen MR) is 162 cm³/mol. The Labute approximate surface area is 241 Å². The summed E-state index contributed by atoms with van der Waals surface area (Å²) < 4.78 is 7.42. The second kappa shape index (κ2) is 13.9. The van der Waals surface area contributed by atoms with E-state index in [1.165, 1.54) is 5.56 Å². The van der Waals surface area contributed by atoms with Crippen LogP contribution in [0.15, 0.2) is 67.0 Å². The van der Waals surface area contributed by atoms with Gasteiger partial charge in [-0.05, 0) is 55.7 Å². The van der Waals surface area contributed by atoms with Crippen LogP contribution < -0.4 is 16.0 Å². The lowest BCUT2D eigenvalue weighted by atomic mass is 10.0. The SMILES string of the molecule is CCCNC(=O)Nc1ccc(-c2c(-c3ccnc(Nc4cccc(CCN5CCOCC5)c4)n3)cnn2CC)cc1. The van der Waals surface area contributed by atoms with Crippen molar-refractivity contribution in [3.63, 3.8) is 0 Å². The number of hydrogen-bond donors (Lipinski definition) is 3. The van der Waals surface area contributed by atoms with E-state index >= 15 is 0 Å². The molecular weight excluding hydrogens is 516 g/mol. The van der Waals surface area contributed by atoms with Gasteiger partial charge in [-0.15, -0.1) is 0 Å². The van der Waals surface area contributed by atoms with Crippen molar-refractivity contribution in [3.05, 3.63) is 72.6 Å². The number of nitrogens with zero attached hydrogens (tertiary/aromatic N) is 5. The Kier molecular flexibility index (Phi) is 9.56. The van der Waals surface area contributed by atoms with Crippen molar-refractivity contribution in [3.8, 4) is 22.5 Å². The molecule has 0 atom stereocenters. The minimum Gasteiger partial charge on any atom is -0.379 e. The van der Waals surface area contributed by atoms with E-state index in [-0.39, 0.29) is 6.03 Å². The summed E-state index contributed by atoms with van der Waals surface area (Å²) in [6, 6.07) is 17.9. The van der Waals surface area contributed by atoms with Crippen LogP contribution in [-0.4, -0.2) is 70.1 Å². The van der Waals surface area contributed by atoms with Crippen LogP contribution >= 0.6 is 0 Å². The van der Waals surface area contributed by atoms with Gasteiger partial charge in [-0.1, -0.05) is 31.2 Å². The minimum atomic E-state index is -0.206. The third-order valence-corrected chi connectivity index (χ3v) is 7.03. The molecule has 1 saturated heterocycles. The van der Waals surface area contributed by atoms with Crippen molar-refractivity contribution in [2.75, 3.05) is 50.0 Å². The Morgan fingerprint density at radius 3 is 2.63 bits per heavy atom. The van der Waals surface area contributed by atoms with Crippen molar-refractivity contribution in [1.29, 1.82) is 0 Å². The predicted octanol–water partition coefficient (Wildman–Crippen LogP) is 5.18. The number of anilines is 3. The number of hydrogen-bond acceptors (Lipinski definition) is 7. The van der Waals surface area contributed by atoms with E-state index in [0.29, 0.717) is 19.0 Å². The molecule has 0 unspecified atom stereocenters. The highest BCUT2D eigenvalue weighted by Gasteiger charge is 2.16. The van der Waals surface area contributed by atoms with E-state index in [9.17, 15) is 4.79 Å². The van der Waals surface area contributed by atoms with Gasteiger partial charge in [-0.3, -0.25) is 9.58 Å². The molecular formula is C31H38N8O2. The Morgan fingerprint density at radius 2 is 1.85 bits per heavy atom. The summed E-state index contributed by atoms with van der Waals surface area (Å²) in [6.07, 6.45) is 5.48. The van der Waals surface area contributed by atoms with Gasteiger partial charge in [0.05, 0.1) is 30.8 Å². The van der Waals surface area contributed by atoms with Gasteiger partial charge < -0.3 is 20.7 Å². The molecule has 0 aliphatic carbocycles. The number of carbonyl (C=O) groups is 1. The van der Waals surface area contributed by atoms with Crippen LogP contribution in [0.2, 0.25) is 0 Å². The van der Waals surface area contributed by atoms with Crippen LogP contribution in [0.1, 0.15) is 25.8 Å². The Hall–Kier alpha value is -4.28. The zero-order valence-electron chi connectivity index (χ0n) is 23.8. The van der Waals surface area contributed by atoms with Gasteiger partial charge >= 0.3 is 6.03 Å². The monoisotopic (exact) mass is 554 g/mol. The van der Waals surface area contributed by atoms with Crippen molar-refractivity contribution in [2.24, 2.45) is 0 Å². The zero-order chi connectivity index (χ0) is 28.4. The largest absolute Gasteiger partial charge is 0.379 e. The molecule has 0 bridgehead atoms. The summed E-state index contributed by atoms with van der Waals surface area (Å²) in [5.41, 5.74) is 6.60. The maximum Gasteiger partial charge on any atom is 0.319 e. The first-order valence-electron chi connectivity index (χ1n) is 14.3. The minimum absolute atomic E-state index is 0.206. The number of aromatic nitrogens is 4. The number of carbonyl (C=O) groups excluding carboxylic acids is 1. The molecule has 2 aromatic carbocycles. The molecule has 0 radical (unpaired) electrons. The average molecular weight is 555 g/mol. The Balaban J connectivity index is 1.31. The van der Waals surface area contributed by atoms with E-state index in [1.807, 2.05) is 54.2 Å². The molecule has 4 aromatic rings. The van der Waals surface area contributed by atoms with E-state index in [0.717, 1.165) is 79.6 Å². The quantitative estimate of drug-likeness (QED) is 0.234. The summed E-state index contributed by atoms with van der Waals surface area (Å²) in [5, 5.41) is 13.7. The number of urea groups is 1. The van der Waals surface area contributed by atoms with Gasteiger partial charge in [-0.25, -0.2) is 14.8 Å². The van der Waals surface area contributed by atoms with Crippen molar-refractivity contribution in [1.82, 2.24) is 30.0 Å². The molecule has 1 aliphatic heterocycles. The molecule has 41 heavy (non-hydrogen) atoms. The second-order valence-corrected chi connectivity index (χ2v) is 9.98. The van der Waals surface area contributed by atoms with Gasteiger partial charge in [0.2, 0.25) is 5.95 Å². The first-order valence-corrected chi connectivity index (χ1v) is 14.3. The van der Waals surface area contributed by atoms with Gasteiger partial charge in [0, 0.05) is 61.4 Å². The van der Waals surface area contributed by atoms with Crippen LogP contribution in [0.4, 0.5) is 22.1 Å². The molecule has 3 N–H and O–H groups in total. The molecule has 2 amide bonds. The molecule has 3 heterocycles. The molecule has 0 spiro atoms. The van der Waals surface area contributed by atoms with Crippen LogP contribution in [0.3, 0.4) is 0 Å². The number of nitrogens with one attached hydrogen (secondary N) is 3. The smallest absolute Gasteiger partial charge is 0.319 e. The molecule has 214 valence electrons. The lowest BCUT2D eigenvalue weighted by Gasteiger charge is -2.26. The van der Waals surface area contributed by atoms with Gasteiger partial charge in [0.1, 0.15) is 0 Å². The molecule has 1 aliphatic rings. The van der Waals surface area contributed by atoms with Gasteiger partial charge in [-0.2, -0.15) is 5.10 Å². The van der Waals surface area contributed by atoms with Crippen LogP contribution in [0.5, 0.6) is 0 Å². The van der Waals surface area contributed by atoms with E-state index in [2.05, 4.69) is 56.1 Å². The van der Waals surface area contributed by atoms with Crippen molar-refractivity contribution in [2.45, 2.75) is 33.2 Å². The molecule has 1 fully saturated rings. The maximum absolute atomic E-state index is 12.0. The Bertz CT molecular complexity index is 1430.